The predicted molar refractivity (Wildman–Crippen MR) is 85.0 cm³/mol. The predicted octanol–water partition coefficient (Wildman–Crippen LogP) is 1.22. The Bertz CT molecular complexity index is 459. The maximum atomic E-state index is 8.75. The first-order valence-corrected chi connectivity index (χ1v) is 7.24. The van der Waals surface area contributed by atoms with E-state index in [4.69, 9.17) is 15.7 Å². The lowest BCUT2D eigenvalue weighted by Gasteiger charge is -2.18. The lowest BCUT2D eigenvalue weighted by atomic mass is 10.1. The van der Waals surface area contributed by atoms with Gasteiger partial charge in [0.25, 0.3) is 0 Å². The maximum Gasteiger partial charge on any atom is 0.170 e. The Balaban J connectivity index is 2.64. The van der Waals surface area contributed by atoms with Crippen LogP contribution in [0.25, 0.3) is 0 Å². The van der Waals surface area contributed by atoms with Gasteiger partial charge in [0, 0.05) is 30.8 Å². The van der Waals surface area contributed by atoms with Crippen molar-refractivity contribution in [2.24, 2.45) is 10.9 Å². The third-order valence-corrected chi connectivity index (χ3v) is 3.50. The van der Waals surface area contributed by atoms with E-state index in [2.05, 4.69) is 29.2 Å². The number of ether oxygens (including phenoxy) is 1. The van der Waals surface area contributed by atoms with Crippen LogP contribution in [0, 0.1) is 0 Å². The Morgan fingerprint density at radius 3 is 2.67 bits per heavy atom. The van der Waals surface area contributed by atoms with Crippen LogP contribution in [0.4, 0.5) is 0 Å². The van der Waals surface area contributed by atoms with Gasteiger partial charge >= 0.3 is 0 Å². The van der Waals surface area contributed by atoms with Gasteiger partial charge in [-0.15, -0.1) is 0 Å². The Labute approximate surface area is 126 Å². The van der Waals surface area contributed by atoms with Crippen molar-refractivity contribution in [1.29, 1.82) is 0 Å². The molecule has 0 atom stereocenters. The quantitative estimate of drug-likeness (QED) is 0.210. The fourth-order valence-corrected chi connectivity index (χ4v) is 2.13. The van der Waals surface area contributed by atoms with Crippen LogP contribution in [0.3, 0.4) is 0 Å². The second kappa shape index (κ2) is 9.20. The van der Waals surface area contributed by atoms with Gasteiger partial charge in [-0.2, -0.15) is 0 Å². The fourth-order valence-electron chi connectivity index (χ4n) is 2.13. The standard InChI is InChI=1S/C15H26N4O2/c1-4-19(5-2)9-8-17-11-13-10-12(15(16)18-20)6-7-14(13)21-3/h6-7,10,17,20H,4-5,8-9,11H2,1-3H3,(H2,16,18). The molecule has 1 rings (SSSR count). The van der Waals surface area contributed by atoms with Crippen LogP contribution in [0.1, 0.15) is 25.0 Å². The molecule has 0 spiro atoms. The maximum absolute atomic E-state index is 8.75. The smallest absolute Gasteiger partial charge is 0.170 e. The first kappa shape index (κ1) is 17.3. The third kappa shape index (κ3) is 5.24. The first-order chi connectivity index (χ1) is 10.2. The summed E-state index contributed by atoms with van der Waals surface area (Å²) in [6, 6.07) is 5.47. The molecule has 118 valence electrons. The number of nitrogens with one attached hydrogen (secondary N) is 1. The summed E-state index contributed by atoms with van der Waals surface area (Å²) in [5.41, 5.74) is 7.28. The van der Waals surface area contributed by atoms with E-state index in [1.54, 1.807) is 13.2 Å². The second-order valence-corrected chi connectivity index (χ2v) is 4.72. The minimum Gasteiger partial charge on any atom is -0.496 e. The van der Waals surface area contributed by atoms with Crippen molar-refractivity contribution in [2.75, 3.05) is 33.3 Å². The van der Waals surface area contributed by atoms with Gasteiger partial charge < -0.3 is 25.9 Å². The minimum atomic E-state index is 0.0991. The van der Waals surface area contributed by atoms with Gasteiger partial charge in [-0.25, -0.2) is 0 Å². The zero-order valence-corrected chi connectivity index (χ0v) is 13.1. The largest absolute Gasteiger partial charge is 0.496 e. The zero-order valence-electron chi connectivity index (χ0n) is 13.1. The average molecular weight is 294 g/mol. The molecule has 0 aliphatic carbocycles. The number of amidine groups is 1. The summed E-state index contributed by atoms with van der Waals surface area (Å²) >= 11 is 0. The highest BCUT2D eigenvalue weighted by atomic mass is 16.5. The summed E-state index contributed by atoms with van der Waals surface area (Å²) in [5, 5.41) is 15.2. The van der Waals surface area contributed by atoms with Crippen molar-refractivity contribution in [3.63, 3.8) is 0 Å². The second-order valence-electron chi connectivity index (χ2n) is 4.72. The number of rotatable bonds is 9. The third-order valence-electron chi connectivity index (χ3n) is 3.50. The van der Waals surface area contributed by atoms with E-state index in [9.17, 15) is 0 Å². The molecule has 0 fully saturated rings. The number of nitrogens with zero attached hydrogens (tertiary/aromatic N) is 2. The monoisotopic (exact) mass is 294 g/mol. The van der Waals surface area contributed by atoms with E-state index in [0.717, 1.165) is 37.5 Å². The van der Waals surface area contributed by atoms with E-state index in [0.29, 0.717) is 12.1 Å². The van der Waals surface area contributed by atoms with Crippen LogP contribution < -0.4 is 15.8 Å². The molecular weight excluding hydrogens is 268 g/mol. The van der Waals surface area contributed by atoms with Crippen molar-refractivity contribution < 1.29 is 9.94 Å². The van der Waals surface area contributed by atoms with Gasteiger partial charge in [-0.05, 0) is 31.3 Å². The molecule has 0 radical (unpaired) electrons. The summed E-state index contributed by atoms with van der Waals surface area (Å²) < 4.78 is 5.34. The molecule has 6 heteroatoms. The van der Waals surface area contributed by atoms with Crippen LogP contribution in [0.15, 0.2) is 23.4 Å². The van der Waals surface area contributed by atoms with Crippen LogP contribution in [-0.4, -0.2) is 49.2 Å². The highest BCUT2D eigenvalue weighted by Crippen LogP contribution is 2.19. The van der Waals surface area contributed by atoms with Gasteiger partial charge in [0.2, 0.25) is 0 Å². The molecule has 0 bridgehead atoms. The van der Waals surface area contributed by atoms with Crippen molar-refractivity contribution >= 4 is 5.84 Å². The molecule has 0 heterocycles. The fraction of sp³-hybridized carbons (Fsp3) is 0.533. The van der Waals surface area contributed by atoms with E-state index in [1.807, 2.05) is 12.1 Å². The van der Waals surface area contributed by atoms with Crippen LogP contribution >= 0.6 is 0 Å². The molecule has 0 aromatic heterocycles. The number of methoxy groups -OCH3 is 1. The van der Waals surface area contributed by atoms with E-state index in [1.165, 1.54) is 0 Å². The van der Waals surface area contributed by atoms with Gasteiger partial charge in [0.1, 0.15) is 5.75 Å². The van der Waals surface area contributed by atoms with E-state index < -0.39 is 0 Å². The molecule has 21 heavy (non-hydrogen) atoms. The highest BCUT2D eigenvalue weighted by Gasteiger charge is 2.07. The number of likely N-dealkylation sites (N-methyl/N-ethyl adjacent to an activating group) is 1. The molecule has 1 aromatic carbocycles. The Kier molecular flexibility index (Phi) is 7.56. The molecule has 0 amide bonds. The Morgan fingerprint density at radius 2 is 2.10 bits per heavy atom. The number of hydrogen-bond acceptors (Lipinski definition) is 5. The minimum absolute atomic E-state index is 0.0991. The van der Waals surface area contributed by atoms with Gasteiger partial charge in [-0.3, -0.25) is 0 Å². The van der Waals surface area contributed by atoms with E-state index in [-0.39, 0.29) is 5.84 Å². The lowest BCUT2D eigenvalue weighted by Crippen LogP contribution is -2.31. The normalized spacial score (nSPS) is 11.9. The SMILES string of the molecule is CCN(CC)CCNCc1cc(/C(N)=N/O)ccc1OC. The van der Waals surface area contributed by atoms with E-state index >= 15 is 0 Å². The van der Waals surface area contributed by atoms with Crippen molar-refractivity contribution in [1.82, 2.24) is 10.2 Å². The molecule has 0 saturated heterocycles. The number of hydrogen-bond donors (Lipinski definition) is 3. The molecule has 0 aliphatic heterocycles. The van der Waals surface area contributed by atoms with Crippen molar-refractivity contribution in [3.05, 3.63) is 29.3 Å². The molecule has 1 aromatic rings. The van der Waals surface area contributed by atoms with Crippen LogP contribution in [0.2, 0.25) is 0 Å². The van der Waals surface area contributed by atoms with Crippen molar-refractivity contribution in [3.8, 4) is 5.75 Å². The summed E-state index contributed by atoms with van der Waals surface area (Å²) in [4.78, 5) is 2.36. The lowest BCUT2D eigenvalue weighted by molar-refractivity contribution is 0.302. The average Bonchev–Trinajstić information content (AvgIpc) is 2.54. The molecule has 4 N–H and O–H groups in total. The molecular formula is C15H26N4O2. The van der Waals surface area contributed by atoms with Gasteiger partial charge in [0.05, 0.1) is 7.11 Å². The van der Waals surface area contributed by atoms with Gasteiger partial charge in [0.15, 0.2) is 5.84 Å². The van der Waals surface area contributed by atoms with Crippen LogP contribution in [-0.2, 0) is 6.54 Å². The number of benzene rings is 1. The summed E-state index contributed by atoms with van der Waals surface area (Å²) in [7, 11) is 1.64. The molecule has 0 unspecified atom stereocenters. The Morgan fingerprint density at radius 1 is 1.38 bits per heavy atom. The number of nitrogens with two attached hydrogens (primary N) is 1. The summed E-state index contributed by atoms with van der Waals surface area (Å²) in [6.45, 7) is 9.02. The molecule has 0 aliphatic rings. The van der Waals surface area contributed by atoms with Crippen LogP contribution in [0.5, 0.6) is 5.75 Å². The summed E-state index contributed by atoms with van der Waals surface area (Å²) in [6.07, 6.45) is 0. The number of oxime groups is 1. The zero-order chi connectivity index (χ0) is 15.7. The highest BCUT2D eigenvalue weighted by molar-refractivity contribution is 5.97. The van der Waals surface area contributed by atoms with Gasteiger partial charge in [-0.1, -0.05) is 19.0 Å². The first-order valence-electron chi connectivity index (χ1n) is 7.24. The topological polar surface area (TPSA) is 83.1 Å². The Hall–Kier alpha value is -1.79. The molecule has 0 saturated carbocycles. The van der Waals surface area contributed by atoms with Crippen molar-refractivity contribution in [2.45, 2.75) is 20.4 Å². The molecule has 6 nitrogen and oxygen atoms in total. The summed E-state index contributed by atoms with van der Waals surface area (Å²) in [5.74, 6) is 0.891.